The van der Waals surface area contributed by atoms with Crippen molar-refractivity contribution in [1.29, 1.82) is 0 Å². The van der Waals surface area contributed by atoms with Crippen LogP contribution in [0, 0.1) is 0 Å². The molecule has 0 amide bonds. The SMILES string of the molecule is CC(C)NCc1cn(Cc2ncnn2C(C)C)nn1. The highest BCUT2D eigenvalue weighted by atomic mass is 15.4. The summed E-state index contributed by atoms with van der Waals surface area (Å²) in [6.45, 7) is 9.70. The van der Waals surface area contributed by atoms with Gasteiger partial charge in [0.05, 0.1) is 11.9 Å². The molecular weight excluding hydrogens is 242 g/mol. The first-order valence-corrected chi connectivity index (χ1v) is 6.57. The van der Waals surface area contributed by atoms with Gasteiger partial charge < -0.3 is 5.32 Å². The molecule has 0 atom stereocenters. The molecule has 0 aromatic carbocycles. The second-order valence-corrected chi connectivity index (χ2v) is 5.16. The Kier molecular flexibility index (Phi) is 4.26. The Balaban J connectivity index is 2.01. The largest absolute Gasteiger partial charge is 0.309 e. The zero-order chi connectivity index (χ0) is 13.8. The van der Waals surface area contributed by atoms with Crippen molar-refractivity contribution in [3.63, 3.8) is 0 Å². The molecule has 0 radical (unpaired) electrons. The first-order chi connectivity index (χ1) is 9.06. The molecular formula is C12H21N7. The quantitative estimate of drug-likeness (QED) is 0.841. The molecule has 0 aliphatic carbocycles. The van der Waals surface area contributed by atoms with Gasteiger partial charge in [-0.15, -0.1) is 5.10 Å². The van der Waals surface area contributed by atoms with Gasteiger partial charge in [0.15, 0.2) is 0 Å². The molecule has 19 heavy (non-hydrogen) atoms. The summed E-state index contributed by atoms with van der Waals surface area (Å²) in [4.78, 5) is 4.26. The molecule has 7 heteroatoms. The van der Waals surface area contributed by atoms with Crippen LogP contribution in [0.1, 0.15) is 45.3 Å². The summed E-state index contributed by atoms with van der Waals surface area (Å²) < 4.78 is 3.69. The molecule has 0 aliphatic rings. The highest BCUT2D eigenvalue weighted by Crippen LogP contribution is 2.06. The van der Waals surface area contributed by atoms with Crippen molar-refractivity contribution in [2.75, 3.05) is 0 Å². The van der Waals surface area contributed by atoms with Crippen molar-refractivity contribution >= 4 is 0 Å². The second-order valence-electron chi connectivity index (χ2n) is 5.16. The van der Waals surface area contributed by atoms with Gasteiger partial charge in [-0.1, -0.05) is 19.1 Å². The first-order valence-electron chi connectivity index (χ1n) is 6.57. The Morgan fingerprint density at radius 1 is 1.26 bits per heavy atom. The second kappa shape index (κ2) is 5.92. The van der Waals surface area contributed by atoms with Gasteiger partial charge in [-0.05, 0) is 13.8 Å². The number of nitrogens with one attached hydrogen (secondary N) is 1. The van der Waals surface area contributed by atoms with Crippen molar-refractivity contribution in [1.82, 2.24) is 35.1 Å². The van der Waals surface area contributed by atoms with Crippen LogP contribution in [0.15, 0.2) is 12.5 Å². The van der Waals surface area contributed by atoms with E-state index in [-0.39, 0.29) is 0 Å². The molecule has 0 saturated carbocycles. The zero-order valence-corrected chi connectivity index (χ0v) is 11.9. The smallest absolute Gasteiger partial charge is 0.148 e. The lowest BCUT2D eigenvalue weighted by atomic mass is 10.3. The lowest BCUT2D eigenvalue weighted by molar-refractivity contribution is 0.485. The number of hydrogen-bond donors (Lipinski definition) is 1. The molecule has 0 unspecified atom stereocenters. The van der Waals surface area contributed by atoms with Crippen LogP contribution in [-0.2, 0) is 13.1 Å². The van der Waals surface area contributed by atoms with E-state index < -0.39 is 0 Å². The van der Waals surface area contributed by atoms with Crippen LogP contribution in [-0.4, -0.2) is 35.8 Å². The molecule has 1 N–H and O–H groups in total. The van der Waals surface area contributed by atoms with Gasteiger partial charge in [-0.25, -0.2) is 14.3 Å². The molecule has 0 bridgehead atoms. The van der Waals surface area contributed by atoms with Gasteiger partial charge in [0.1, 0.15) is 18.7 Å². The summed E-state index contributed by atoms with van der Waals surface area (Å²) in [6.07, 6.45) is 3.52. The molecule has 2 aromatic heterocycles. The van der Waals surface area contributed by atoms with Gasteiger partial charge >= 0.3 is 0 Å². The summed E-state index contributed by atoms with van der Waals surface area (Å²) in [6, 6.07) is 0.734. The summed E-state index contributed by atoms with van der Waals surface area (Å²) in [5.74, 6) is 0.892. The van der Waals surface area contributed by atoms with E-state index in [0.29, 0.717) is 18.6 Å². The number of hydrogen-bond acceptors (Lipinski definition) is 5. The molecule has 0 aliphatic heterocycles. The van der Waals surface area contributed by atoms with E-state index in [1.54, 1.807) is 11.0 Å². The Morgan fingerprint density at radius 3 is 2.74 bits per heavy atom. The fourth-order valence-corrected chi connectivity index (χ4v) is 1.77. The average molecular weight is 263 g/mol. The van der Waals surface area contributed by atoms with Gasteiger partial charge in [0, 0.05) is 18.6 Å². The lowest BCUT2D eigenvalue weighted by Gasteiger charge is -2.08. The summed E-state index contributed by atoms with van der Waals surface area (Å²) in [5, 5.41) is 15.8. The Hall–Kier alpha value is -1.76. The average Bonchev–Trinajstić information content (AvgIpc) is 2.96. The molecule has 0 fully saturated rings. The van der Waals surface area contributed by atoms with Crippen LogP contribution in [0.2, 0.25) is 0 Å². The van der Waals surface area contributed by atoms with Crippen molar-refractivity contribution in [3.8, 4) is 0 Å². The predicted molar refractivity (Wildman–Crippen MR) is 71.5 cm³/mol. The van der Waals surface area contributed by atoms with Gasteiger partial charge in [-0.2, -0.15) is 5.10 Å². The van der Waals surface area contributed by atoms with E-state index in [2.05, 4.69) is 53.4 Å². The van der Waals surface area contributed by atoms with Crippen molar-refractivity contribution in [2.45, 2.75) is 52.9 Å². The molecule has 7 nitrogen and oxygen atoms in total. The first kappa shape index (κ1) is 13.7. The third-order valence-electron chi connectivity index (χ3n) is 2.72. The van der Waals surface area contributed by atoms with E-state index in [0.717, 1.165) is 18.1 Å². The maximum absolute atomic E-state index is 4.26. The topological polar surface area (TPSA) is 73.5 Å². The summed E-state index contributed by atoms with van der Waals surface area (Å²) in [5.41, 5.74) is 0.935. The third kappa shape index (κ3) is 3.60. The Bertz CT molecular complexity index is 512. The highest BCUT2D eigenvalue weighted by Gasteiger charge is 2.09. The fraction of sp³-hybridized carbons (Fsp3) is 0.667. The van der Waals surface area contributed by atoms with Crippen LogP contribution >= 0.6 is 0 Å². The van der Waals surface area contributed by atoms with E-state index >= 15 is 0 Å². The number of nitrogens with zero attached hydrogens (tertiary/aromatic N) is 6. The minimum absolute atomic E-state index is 0.295. The van der Waals surface area contributed by atoms with E-state index in [9.17, 15) is 0 Å². The monoisotopic (exact) mass is 263 g/mol. The fourth-order valence-electron chi connectivity index (χ4n) is 1.77. The van der Waals surface area contributed by atoms with Crippen LogP contribution in [0.3, 0.4) is 0 Å². The van der Waals surface area contributed by atoms with Crippen molar-refractivity contribution < 1.29 is 0 Å². The van der Waals surface area contributed by atoms with Crippen LogP contribution < -0.4 is 5.32 Å². The molecule has 104 valence electrons. The molecule has 2 rings (SSSR count). The zero-order valence-electron chi connectivity index (χ0n) is 11.9. The molecule has 0 saturated heterocycles. The van der Waals surface area contributed by atoms with Gasteiger partial charge in [0.25, 0.3) is 0 Å². The number of rotatable bonds is 6. The summed E-state index contributed by atoms with van der Waals surface area (Å²) >= 11 is 0. The molecule has 0 spiro atoms. The highest BCUT2D eigenvalue weighted by molar-refractivity contribution is 4.95. The maximum Gasteiger partial charge on any atom is 0.148 e. The molecule has 2 aromatic rings. The summed E-state index contributed by atoms with van der Waals surface area (Å²) in [7, 11) is 0. The van der Waals surface area contributed by atoms with Crippen LogP contribution in [0.25, 0.3) is 0 Å². The Labute approximate surface area is 113 Å². The lowest BCUT2D eigenvalue weighted by Crippen LogP contribution is -2.21. The standard InChI is InChI=1S/C12H21N7/c1-9(2)13-5-11-6-18(17-16-11)7-12-14-8-15-19(12)10(3)4/h6,8-10,13H,5,7H2,1-4H3. The Morgan fingerprint density at radius 2 is 2.05 bits per heavy atom. The maximum atomic E-state index is 4.26. The van der Waals surface area contributed by atoms with Crippen LogP contribution in [0.4, 0.5) is 0 Å². The van der Waals surface area contributed by atoms with Crippen molar-refractivity contribution in [3.05, 3.63) is 24.0 Å². The van der Waals surface area contributed by atoms with E-state index in [1.165, 1.54) is 0 Å². The van der Waals surface area contributed by atoms with Crippen LogP contribution in [0.5, 0.6) is 0 Å². The minimum Gasteiger partial charge on any atom is -0.309 e. The van der Waals surface area contributed by atoms with Gasteiger partial charge in [0.2, 0.25) is 0 Å². The number of aromatic nitrogens is 6. The predicted octanol–water partition coefficient (Wildman–Crippen LogP) is 0.997. The van der Waals surface area contributed by atoms with E-state index in [1.807, 2.05) is 10.9 Å². The minimum atomic E-state index is 0.295. The molecule has 2 heterocycles. The van der Waals surface area contributed by atoms with E-state index in [4.69, 9.17) is 0 Å². The normalized spacial score (nSPS) is 11.7. The third-order valence-corrected chi connectivity index (χ3v) is 2.72. The van der Waals surface area contributed by atoms with Crippen molar-refractivity contribution in [2.24, 2.45) is 0 Å². The van der Waals surface area contributed by atoms with Gasteiger partial charge in [-0.3, -0.25) is 0 Å².